The molecule has 1 N–H and O–H groups in total. The standard InChI is InChI=1S/C18H23NOS/c1-2-11-19-15-16-7-6-8-17(14-16)20-12-13-21-18-9-4-3-5-10-18/h3-10,14,19H,2,11-13,15H2,1H3. The van der Waals surface area contributed by atoms with Crippen LogP contribution in [0.2, 0.25) is 0 Å². The van der Waals surface area contributed by atoms with Crippen molar-refractivity contribution in [2.75, 3.05) is 18.9 Å². The fourth-order valence-corrected chi connectivity index (χ4v) is 2.74. The highest BCUT2D eigenvalue weighted by molar-refractivity contribution is 7.99. The lowest BCUT2D eigenvalue weighted by Gasteiger charge is -2.08. The summed E-state index contributed by atoms with van der Waals surface area (Å²) >= 11 is 1.82. The van der Waals surface area contributed by atoms with E-state index >= 15 is 0 Å². The van der Waals surface area contributed by atoms with E-state index in [4.69, 9.17) is 4.74 Å². The average molecular weight is 301 g/mol. The minimum Gasteiger partial charge on any atom is -0.493 e. The minimum absolute atomic E-state index is 0.728. The van der Waals surface area contributed by atoms with Gasteiger partial charge >= 0.3 is 0 Å². The summed E-state index contributed by atoms with van der Waals surface area (Å²) in [4.78, 5) is 1.29. The molecule has 0 aliphatic carbocycles. The number of ether oxygens (including phenoxy) is 1. The molecule has 0 heterocycles. The molecular formula is C18H23NOS. The molecule has 0 aromatic heterocycles. The molecule has 2 rings (SSSR count). The molecule has 0 saturated heterocycles. The van der Waals surface area contributed by atoms with E-state index in [9.17, 15) is 0 Å². The zero-order valence-corrected chi connectivity index (χ0v) is 13.4. The van der Waals surface area contributed by atoms with E-state index in [1.807, 2.05) is 23.9 Å². The maximum absolute atomic E-state index is 5.83. The Morgan fingerprint density at radius 1 is 1.05 bits per heavy atom. The maximum atomic E-state index is 5.83. The summed E-state index contributed by atoms with van der Waals surface area (Å²) in [7, 11) is 0. The summed E-state index contributed by atoms with van der Waals surface area (Å²) in [5.41, 5.74) is 1.27. The van der Waals surface area contributed by atoms with Crippen molar-refractivity contribution >= 4 is 11.8 Å². The van der Waals surface area contributed by atoms with E-state index in [2.05, 4.69) is 54.7 Å². The van der Waals surface area contributed by atoms with Crippen molar-refractivity contribution in [3.8, 4) is 5.75 Å². The largest absolute Gasteiger partial charge is 0.493 e. The summed E-state index contributed by atoms with van der Waals surface area (Å²) < 4.78 is 5.83. The second-order valence-electron chi connectivity index (χ2n) is 4.83. The van der Waals surface area contributed by atoms with Crippen molar-refractivity contribution in [3.05, 3.63) is 60.2 Å². The Morgan fingerprint density at radius 2 is 1.90 bits per heavy atom. The van der Waals surface area contributed by atoms with Crippen LogP contribution in [0, 0.1) is 0 Å². The zero-order chi connectivity index (χ0) is 14.8. The van der Waals surface area contributed by atoms with E-state index in [1.54, 1.807) is 0 Å². The first-order valence-corrected chi connectivity index (χ1v) is 8.47. The SMILES string of the molecule is CCCNCc1cccc(OCCSc2ccccc2)c1. The number of hydrogen-bond acceptors (Lipinski definition) is 3. The molecule has 0 spiro atoms. The molecule has 2 aromatic carbocycles. The third-order valence-corrected chi connectivity index (χ3v) is 3.99. The molecule has 0 unspecified atom stereocenters. The monoisotopic (exact) mass is 301 g/mol. The number of benzene rings is 2. The summed E-state index contributed by atoms with van der Waals surface area (Å²) in [5, 5.41) is 3.41. The molecule has 0 radical (unpaired) electrons. The van der Waals surface area contributed by atoms with Crippen LogP contribution in [0.25, 0.3) is 0 Å². The first kappa shape index (κ1) is 15.9. The molecule has 2 nitrogen and oxygen atoms in total. The predicted molar refractivity (Wildman–Crippen MR) is 91.1 cm³/mol. The molecule has 0 saturated carbocycles. The fraction of sp³-hybridized carbons (Fsp3) is 0.333. The van der Waals surface area contributed by atoms with Crippen LogP contribution in [0.4, 0.5) is 0 Å². The van der Waals surface area contributed by atoms with Gasteiger partial charge in [0.25, 0.3) is 0 Å². The van der Waals surface area contributed by atoms with E-state index in [-0.39, 0.29) is 0 Å². The molecule has 0 atom stereocenters. The lowest BCUT2D eigenvalue weighted by molar-refractivity contribution is 0.343. The molecule has 0 aliphatic heterocycles. The summed E-state index contributed by atoms with van der Waals surface area (Å²) in [5.74, 6) is 1.92. The van der Waals surface area contributed by atoms with Crippen LogP contribution in [-0.2, 0) is 6.54 Å². The summed E-state index contributed by atoms with van der Waals surface area (Å²) in [6.07, 6.45) is 1.16. The zero-order valence-electron chi connectivity index (χ0n) is 12.5. The Balaban J connectivity index is 1.71. The average Bonchev–Trinajstić information content (AvgIpc) is 2.53. The van der Waals surface area contributed by atoms with Crippen LogP contribution in [0.5, 0.6) is 5.75 Å². The fourth-order valence-electron chi connectivity index (χ4n) is 1.99. The van der Waals surface area contributed by atoms with Crippen molar-refractivity contribution in [2.24, 2.45) is 0 Å². The van der Waals surface area contributed by atoms with Crippen molar-refractivity contribution in [2.45, 2.75) is 24.8 Å². The van der Waals surface area contributed by atoms with Crippen LogP contribution < -0.4 is 10.1 Å². The number of rotatable bonds is 9. The van der Waals surface area contributed by atoms with Gasteiger partial charge in [0.05, 0.1) is 6.61 Å². The van der Waals surface area contributed by atoms with E-state index in [0.717, 1.165) is 37.6 Å². The molecule has 0 fully saturated rings. The van der Waals surface area contributed by atoms with Crippen LogP contribution >= 0.6 is 11.8 Å². The third kappa shape index (κ3) is 6.23. The highest BCUT2D eigenvalue weighted by atomic mass is 32.2. The van der Waals surface area contributed by atoms with Gasteiger partial charge in [-0.15, -0.1) is 11.8 Å². The third-order valence-electron chi connectivity index (χ3n) is 3.02. The van der Waals surface area contributed by atoms with Crippen LogP contribution in [0.15, 0.2) is 59.5 Å². The predicted octanol–water partition coefficient (Wildman–Crippen LogP) is 4.36. The Kier molecular flexibility index (Phi) is 7.19. The Hall–Kier alpha value is -1.45. The molecule has 112 valence electrons. The van der Waals surface area contributed by atoms with Crippen molar-refractivity contribution < 1.29 is 4.74 Å². The minimum atomic E-state index is 0.728. The van der Waals surface area contributed by atoms with Crippen molar-refractivity contribution in [3.63, 3.8) is 0 Å². The molecule has 2 aromatic rings. The van der Waals surface area contributed by atoms with Gasteiger partial charge in [-0.1, -0.05) is 37.3 Å². The van der Waals surface area contributed by atoms with Gasteiger partial charge in [-0.3, -0.25) is 0 Å². The number of thioether (sulfide) groups is 1. The van der Waals surface area contributed by atoms with Gasteiger partial charge in [0.2, 0.25) is 0 Å². The van der Waals surface area contributed by atoms with Gasteiger partial charge in [-0.25, -0.2) is 0 Å². The topological polar surface area (TPSA) is 21.3 Å². The maximum Gasteiger partial charge on any atom is 0.119 e. The van der Waals surface area contributed by atoms with Gasteiger partial charge in [0, 0.05) is 17.2 Å². The summed E-state index contributed by atoms with van der Waals surface area (Å²) in [6, 6.07) is 18.8. The normalized spacial score (nSPS) is 10.5. The van der Waals surface area contributed by atoms with Gasteiger partial charge < -0.3 is 10.1 Å². The van der Waals surface area contributed by atoms with Crippen LogP contribution in [-0.4, -0.2) is 18.9 Å². The molecular weight excluding hydrogens is 278 g/mol. The second kappa shape index (κ2) is 9.48. The Bertz CT molecular complexity index is 516. The van der Waals surface area contributed by atoms with Gasteiger partial charge in [0.15, 0.2) is 0 Å². The highest BCUT2D eigenvalue weighted by Crippen LogP contribution is 2.18. The van der Waals surface area contributed by atoms with E-state index in [1.165, 1.54) is 10.5 Å². The summed E-state index contributed by atoms with van der Waals surface area (Å²) in [6.45, 7) is 4.87. The van der Waals surface area contributed by atoms with Gasteiger partial charge in [-0.2, -0.15) is 0 Å². The molecule has 3 heteroatoms. The van der Waals surface area contributed by atoms with E-state index < -0.39 is 0 Å². The quantitative estimate of drug-likeness (QED) is 0.549. The van der Waals surface area contributed by atoms with Crippen LogP contribution in [0.1, 0.15) is 18.9 Å². The first-order chi connectivity index (χ1) is 10.4. The lowest BCUT2D eigenvalue weighted by Crippen LogP contribution is -2.13. The Morgan fingerprint density at radius 3 is 2.71 bits per heavy atom. The second-order valence-corrected chi connectivity index (χ2v) is 6.00. The van der Waals surface area contributed by atoms with Crippen molar-refractivity contribution in [1.29, 1.82) is 0 Å². The first-order valence-electron chi connectivity index (χ1n) is 7.49. The van der Waals surface area contributed by atoms with E-state index in [0.29, 0.717) is 0 Å². The highest BCUT2D eigenvalue weighted by Gasteiger charge is 1.98. The molecule has 21 heavy (non-hydrogen) atoms. The molecule has 0 amide bonds. The smallest absolute Gasteiger partial charge is 0.119 e. The van der Waals surface area contributed by atoms with Gasteiger partial charge in [-0.05, 0) is 42.8 Å². The van der Waals surface area contributed by atoms with Crippen molar-refractivity contribution in [1.82, 2.24) is 5.32 Å². The van der Waals surface area contributed by atoms with Crippen LogP contribution in [0.3, 0.4) is 0 Å². The number of nitrogens with one attached hydrogen (secondary N) is 1. The lowest BCUT2D eigenvalue weighted by atomic mass is 10.2. The van der Waals surface area contributed by atoms with Gasteiger partial charge in [0.1, 0.15) is 5.75 Å². The number of hydrogen-bond donors (Lipinski definition) is 1. The molecule has 0 aliphatic rings. The Labute approximate surface area is 131 Å². The molecule has 0 bridgehead atoms.